The van der Waals surface area contributed by atoms with E-state index in [2.05, 4.69) is 196 Å². The molecule has 0 aliphatic rings. The smallest absolute Gasteiger partial charge is 0.488 e. The highest BCUT2D eigenvalue weighted by Crippen LogP contribution is 2.39. The summed E-state index contributed by atoms with van der Waals surface area (Å²) >= 11 is 0. The lowest BCUT2D eigenvalue weighted by Crippen LogP contribution is -2.29. The number of aromatic nitrogens is 3. The fraction of sp³-hybridized carbons (Fsp3) is 0. The molecule has 0 spiro atoms. The van der Waals surface area contributed by atoms with Crippen LogP contribution in [-0.2, 0) is 0 Å². The van der Waals surface area contributed by atoms with Gasteiger partial charge in [0.05, 0.1) is 22.4 Å². The third kappa shape index (κ3) is 9.51. The van der Waals surface area contributed by atoms with Gasteiger partial charge in [0.2, 0.25) is 5.95 Å². The Kier molecular flexibility index (Phi) is 13.0. The maximum atomic E-state index is 9.23. The molecular formula is C64H49BN5O2-. The van der Waals surface area contributed by atoms with Crippen LogP contribution < -0.4 is 15.3 Å². The third-order valence-electron chi connectivity index (χ3n) is 12.7. The molecule has 0 atom stereocenters. The van der Waals surface area contributed by atoms with Gasteiger partial charge in [0.1, 0.15) is 0 Å². The number of benzene rings is 10. The molecule has 0 aliphatic heterocycles. The zero-order chi connectivity index (χ0) is 48.6. The summed E-state index contributed by atoms with van der Waals surface area (Å²) in [5.74, 6) is 0.649. The molecular weight excluding hydrogens is 882 g/mol. The molecule has 0 aliphatic carbocycles. The Morgan fingerprint density at radius 2 is 0.681 bits per heavy atom. The summed E-state index contributed by atoms with van der Waals surface area (Å²) in [6.07, 6.45) is 0. The van der Waals surface area contributed by atoms with E-state index in [1.54, 1.807) is 12.1 Å². The van der Waals surface area contributed by atoms with E-state index in [1.807, 2.05) is 84.9 Å². The van der Waals surface area contributed by atoms with Crippen molar-refractivity contribution >= 4 is 68.5 Å². The molecule has 0 bridgehead atoms. The summed E-state index contributed by atoms with van der Waals surface area (Å²) < 4.78 is 2.20. The van der Waals surface area contributed by atoms with E-state index < -0.39 is 7.12 Å². The molecule has 346 valence electrons. The average Bonchev–Trinajstić information content (AvgIpc) is 3.79. The van der Waals surface area contributed by atoms with Crippen LogP contribution in [-0.4, -0.2) is 31.7 Å². The van der Waals surface area contributed by atoms with Gasteiger partial charge in [0, 0.05) is 56.0 Å². The minimum Gasteiger partial charge on any atom is -1.00 e. The normalized spacial score (nSPS) is 10.9. The summed E-state index contributed by atoms with van der Waals surface area (Å²) in [6.45, 7) is 0. The first kappa shape index (κ1) is 45.1. The van der Waals surface area contributed by atoms with E-state index in [1.165, 1.54) is 0 Å². The van der Waals surface area contributed by atoms with Gasteiger partial charge < -0.3 is 21.3 Å². The van der Waals surface area contributed by atoms with Gasteiger partial charge in [-0.2, -0.15) is 0 Å². The zero-order valence-electron chi connectivity index (χ0n) is 40.3. The summed E-state index contributed by atoms with van der Waals surface area (Å²) in [6, 6.07) is 95.2. The predicted molar refractivity (Wildman–Crippen MR) is 299 cm³/mol. The van der Waals surface area contributed by atoms with Crippen molar-refractivity contribution in [1.29, 1.82) is 0 Å². The molecule has 0 amide bonds. The Hall–Kier alpha value is -9.34. The Labute approximate surface area is 421 Å². The van der Waals surface area contributed by atoms with Crippen molar-refractivity contribution in [1.82, 2.24) is 14.5 Å². The highest BCUT2D eigenvalue weighted by Gasteiger charge is 2.19. The molecule has 0 saturated heterocycles. The summed E-state index contributed by atoms with van der Waals surface area (Å²) in [4.78, 5) is 14.8. The van der Waals surface area contributed by atoms with Crippen molar-refractivity contribution in [2.75, 3.05) is 9.80 Å². The molecule has 2 heterocycles. The van der Waals surface area contributed by atoms with E-state index in [0.717, 1.165) is 89.6 Å². The third-order valence-corrected chi connectivity index (χ3v) is 12.7. The van der Waals surface area contributed by atoms with Crippen molar-refractivity contribution in [3.63, 3.8) is 0 Å². The molecule has 10 aromatic carbocycles. The van der Waals surface area contributed by atoms with Crippen LogP contribution >= 0.6 is 0 Å². The fourth-order valence-corrected chi connectivity index (χ4v) is 9.22. The monoisotopic (exact) mass is 930 g/mol. The van der Waals surface area contributed by atoms with Crippen LogP contribution in [0.5, 0.6) is 0 Å². The molecule has 8 heteroatoms. The lowest BCUT2D eigenvalue weighted by Gasteiger charge is -2.25. The van der Waals surface area contributed by atoms with E-state index in [9.17, 15) is 10.0 Å². The highest BCUT2D eigenvalue weighted by molar-refractivity contribution is 6.58. The number of para-hydroxylation sites is 5. The van der Waals surface area contributed by atoms with E-state index in [4.69, 9.17) is 9.97 Å². The van der Waals surface area contributed by atoms with Crippen LogP contribution in [0.4, 0.5) is 34.1 Å². The molecule has 12 aromatic rings. The standard InChI is InChI=1S/C46H32N4.C18H16BNO2.H/c1-5-15-34(16-6-1)42-32-43(35-17-7-2-8-18-35)48-46(47-42)50-44-24-14-13-23-40(44)41-31-36(27-30-45(41)50)33-25-28-39(29-26-33)49(37-19-9-3-10-20-37)38-21-11-4-12-22-38;21-19(22)15-11-13-18(14-12-15)20(16-7-3-1-4-8-16)17-9-5-2-6-10-17;/h1-32H;1-14,21-22H;/q;;-1. The Morgan fingerprint density at radius 1 is 0.319 bits per heavy atom. The predicted octanol–water partition coefficient (Wildman–Crippen LogP) is 15.0. The van der Waals surface area contributed by atoms with Crippen LogP contribution in [0.15, 0.2) is 279 Å². The number of rotatable bonds is 11. The van der Waals surface area contributed by atoms with Gasteiger partial charge in [-0.15, -0.1) is 0 Å². The number of hydrogen-bond donors (Lipinski definition) is 2. The molecule has 2 N–H and O–H groups in total. The molecule has 0 saturated carbocycles. The quantitative estimate of drug-likeness (QED) is 0.126. The van der Waals surface area contributed by atoms with Crippen molar-refractivity contribution < 1.29 is 11.5 Å². The van der Waals surface area contributed by atoms with Gasteiger partial charge in [-0.3, -0.25) is 4.57 Å². The van der Waals surface area contributed by atoms with Gasteiger partial charge >= 0.3 is 7.12 Å². The van der Waals surface area contributed by atoms with Crippen LogP contribution in [0.25, 0.3) is 61.4 Å². The minimum atomic E-state index is -1.45. The molecule has 0 fully saturated rings. The Bertz CT molecular complexity index is 3570. The first-order chi connectivity index (χ1) is 35.6. The van der Waals surface area contributed by atoms with Gasteiger partial charge in [-0.05, 0) is 114 Å². The molecule has 0 radical (unpaired) electrons. The summed E-state index contributed by atoms with van der Waals surface area (Å²) in [7, 11) is -1.45. The molecule has 7 nitrogen and oxygen atoms in total. The highest BCUT2D eigenvalue weighted by atomic mass is 16.4. The van der Waals surface area contributed by atoms with Crippen molar-refractivity contribution in [3.05, 3.63) is 279 Å². The summed E-state index contributed by atoms with van der Waals surface area (Å²) in [5, 5.41) is 20.8. The van der Waals surface area contributed by atoms with Gasteiger partial charge in [0.25, 0.3) is 0 Å². The molecule has 2 aromatic heterocycles. The van der Waals surface area contributed by atoms with Crippen LogP contribution in [0.3, 0.4) is 0 Å². The molecule has 12 rings (SSSR count). The van der Waals surface area contributed by atoms with Gasteiger partial charge in [-0.25, -0.2) is 9.97 Å². The SMILES string of the molecule is OB(O)c1ccc(N(c2ccccc2)c2ccccc2)cc1.[H-].c1ccc(-c2cc(-c3ccccc3)nc(-n3c4ccccc4c4cc(-c5ccc(N(c6ccccc6)c6ccccc6)cc5)ccc43)n2)cc1. The van der Waals surface area contributed by atoms with E-state index in [-0.39, 0.29) is 1.43 Å². The Morgan fingerprint density at radius 3 is 1.12 bits per heavy atom. The maximum Gasteiger partial charge on any atom is 0.488 e. The number of hydrogen-bond acceptors (Lipinski definition) is 6. The zero-order valence-corrected chi connectivity index (χ0v) is 39.3. The maximum absolute atomic E-state index is 9.23. The number of nitrogens with zero attached hydrogens (tertiary/aromatic N) is 5. The van der Waals surface area contributed by atoms with E-state index >= 15 is 0 Å². The second-order valence-corrected chi connectivity index (χ2v) is 17.3. The van der Waals surface area contributed by atoms with Gasteiger partial charge in [0.15, 0.2) is 0 Å². The average molecular weight is 931 g/mol. The summed E-state index contributed by atoms with van der Waals surface area (Å²) in [5.41, 5.74) is 15.2. The number of fused-ring (bicyclic) bond motifs is 3. The van der Waals surface area contributed by atoms with E-state index in [0.29, 0.717) is 11.4 Å². The topological polar surface area (TPSA) is 77.7 Å². The van der Waals surface area contributed by atoms with Crippen molar-refractivity contribution in [2.24, 2.45) is 0 Å². The van der Waals surface area contributed by atoms with Crippen molar-refractivity contribution in [3.8, 4) is 39.6 Å². The van der Waals surface area contributed by atoms with Crippen molar-refractivity contribution in [2.45, 2.75) is 0 Å². The molecule has 72 heavy (non-hydrogen) atoms. The largest absolute Gasteiger partial charge is 1.00 e. The second-order valence-electron chi connectivity index (χ2n) is 17.3. The number of anilines is 6. The van der Waals surface area contributed by atoms with Crippen LogP contribution in [0.2, 0.25) is 0 Å². The molecule has 0 unspecified atom stereocenters. The van der Waals surface area contributed by atoms with Crippen LogP contribution in [0, 0.1) is 0 Å². The lowest BCUT2D eigenvalue weighted by molar-refractivity contribution is 0.426. The fourth-order valence-electron chi connectivity index (χ4n) is 9.22. The second kappa shape index (κ2) is 20.7. The Balaban J connectivity index is 0.000000223. The van der Waals surface area contributed by atoms with Crippen LogP contribution in [0.1, 0.15) is 1.43 Å². The first-order valence-electron chi connectivity index (χ1n) is 24.0. The minimum absolute atomic E-state index is 0. The van der Waals surface area contributed by atoms with Gasteiger partial charge in [-0.1, -0.05) is 182 Å². The first-order valence-corrected chi connectivity index (χ1v) is 24.0. The lowest BCUT2D eigenvalue weighted by atomic mass is 9.80.